The summed E-state index contributed by atoms with van der Waals surface area (Å²) in [5, 5.41) is 0.772. The Labute approximate surface area is 151 Å². The van der Waals surface area contributed by atoms with Gasteiger partial charge in [-0.1, -0.05) is 48.0 Å². The lowest BCUT2D eigenvalue weighted by Crippen LogP contribution is -2.32. The van der Waals surface area contributed by atoms with Crippen LogP contribution in [0.2, 0.25) is 5.02 Å². The van der Waals surface area contributed by atoms with Crippen LogP contribution in [0.25, 0.3) is 0 Å². The number of benzene rings is 2. The van der Waals surface area contributed by atoms with E-state index in [-0.39, 0.29) is 35.5 Å². The number of amides is 2. The molecule has 0 radical (unpaired) electrons. The Bertz CT molecular complexity index is 865. The van der Waals surface area contributed by atoms with E-state index < -0.39 is 0 Å². The van der Waals surface area contributed by atoms with Gasteiger partial charge in [0.25, 0.3) is 0 Å². The van der Waals surface area contributed by atoms with E-state index in [2.05, 4.69) is 6.07 Å². The maximum atomic E-state index is 13.1. The van der Waals surface area contributed by atoms with Gasteiger partial charge in [-0.25, -0.2) is 0 Å². The fourth-order valence-corrected chi connectivity index (χ4v) is 5.70. The minimum atomic E-state index is -0.187. The third-order valence-corrected chi connectivity index (χ3v) is 6.68. The fourth-order valence-electron chi connectivity index (χ4n) is 5.42. The Morgan fingerprint density at radius 1 is 0.840 bits per heavy atom. The molecule has 0 N–H and O–H groups in total. The summed E-state index contributed by atoms with van der Waals surface area (Å²) < 4.78 is 0. The molecule has 4 heteroatoms. The summed E-state index contributed by atoms with van der Waals surface area (Å²) in [6, 6.07) is 17.2. The largest absolute Gasteiger partial charge is 0.274 e. The topological polar surface area (TPSA) is 37.4 Å². The number of para-hydroxylation sites is 1. The van der Waals surface area contributed by atoms with E-state index in [4.69, 9.17) is 11.6 Å². The molecule has 3 fully saturated rings. The summed E-state index contributed by atoms with van der Waals surface area (Å²) in [4.78, 5) is 27.5. The van der Waals surface area contributed by atoms with Crippen LogP contribution in [0.3, 0.4) is 0 Å². The van der Waals surface area contributed by atoms with Crippen LogP contribution in [0, 0.1) is 23.7 Å². The quantitative estimate of drug-likeness (QED) is 0.758. The van der Waals surface area contributed by atoms with Crippen molar-refractivity contribution in [2.45, 2.75) is 18.8 Å². The predicted octanol–water partition coefficient (Wildman–Crippen LogP) is 4.27. The van der Waals surface area contributed by atoms with E-state index in [9.17, 15) is 9.59 Å². The molecule has 2 bridgehead atoms. The summed E-state index contributed by atoms with van der Waals surface area (Å²) in [5.41, 5.74) is 1.83. The van der Waals surface area contributed by atoms with Crippen LogP contribution >= 0.6 is 11.6 Å². The molecule has 3 aliphatic rings. The zero-order valence-electron chi connectivity index (χ0n) is 13.6. The van der Waals surface area contributed by atoms with E-state index in [1.165, 1.54) is 4.90 Å². The average molecular weight is 352 g/mol. The van der Waals surface area contributed by atoms with E-state index in [1.54, 1.807) is 0 Å². The number of fused-ring (bicyclic) bond motifs is 5. The Morgan fingerprint density at radius 3 is 2.28 bits per heavy atom. The average Bonchev–Trinajstić information content (AvgIpc) is 3.28. The molecule has 2 aromatic rings. The Morgan fingerprint density at radius 2 is 1.52 bits per heavy atom. The molecule has 5 atom stereocenters. The van der Waals surface area contributed by atoms with Gasteiger partial charge >= 0.3 is 0 Å². The molecule has 5 rings (SSSR count). The highest BCUT2D eigenvalue weighted by molar-refractivity contribution is 6.31. The molecule has 2 amide bonds. The third kappa shape index (κ3) is 2.05. The minimum absolute atomic E-state index is 0.00805. The molecule has 126 valence electrons. The lowest BCUT2D eigenvalue weighted by atomic mass is 9.73. The van der Waals surface area contributed by atoms with Crippen LogP contribution in [0.5, 0.6) is 0 Å². The summed E-state index contributed by atoms with van der Waals surface area (Å²) in [7, 11) is 0. The van der Waals surface area contributed by atoms with E-state index >= 15 is 0 Å². The second kappa shape index (κ2) is 5.43. The highest BCUT2D eigenvalue weighted by Crippen LogP contribution is 2.62. The van der Waals surface area contributed by atoms with E-state index in [0.29, 0.717) is 11.6 Å². The number of nitrogens with zero attached hydrogens (tertiary/aromatic N) is 1. The first-order valence-electron chi connectivity index (χ1n) is 8.84. The second-order valence-corrected chi connectivity index (χ2v) is 7.83. The Kier molecular flexibility index (Phi) is 3.29. The molecule has 0 unspecified atom stereocenters. The van der Waals surface area contributed by atoms with Crippen LogP contribution in [-0.4, -0.2) is 11.8 Å². The molecule has 2 aromatic carbocycles. The molecule has 1 heterocycles. The highest BCUT2D eigenvalue weighted by Gasteiger charge is 2.64. The van der Waals surface area contributed by atoms with Gasteiger partial charge < -0.3 is 0 Å². The van der Waals surface area contributed by atoms with E-state index in [1.807, 2.05) is 48.5 Å². The Balaban J connectivity index is 1.51. The molecule has 1 saturated heterocycles. The Hall–Kier alpha value is -2.13. The summed E-state index contributed by atoms with van der Waals surface area (Å²) in [6.07, 6.45) is 1.92. The van der Waals surface area contributed by atoms with Crippen molar-refractivity contribution in [1.82, 2.24) is 0 Å². The first-order chi connectivity index (χ1) is 12.2. The number of hydrogen-bond donors (Lipinski definition) is 0. The molecule has 0 spiro atoms. The lowest BCUT2D eigenvalue weighted by Gasteiger charge is -2.29. The second-order valence-electron chi connectivity index (χ2n) is 7.42. The number of carbonyl (C=O) groups is 2. The first kappa shape index (κ1) is 15.2. The fraction of sp³-hybridized carbons (Fsp3) is 0.333. The maximum Gasteiger partial charge on any atom is 0.237 e. The number of rotatable bonds is 2. The zero-order valence-corrected chi connectivity index (χ0v) is 14.4. The van der Waals surface area contributed by atoms with Crippen molar-refractivity contribution >= 4 is 29.1 Å². The number of carbonyl (C=O) groups excluding carboxylic acids is 2. The molecule has 0 aromatic heterocycles. The van der Waals surface area contributed by atoms with Gasteiger partial charge in [-0.3, -0.25) is 14.5 Å². The van der Waals surface area contributed by atoms with Gasteiger partial charge in [-0.15, -0.1) is 0 Å². The van der Waals surface area contributed by atoms with Crippen LogP contribution in [0.15, 0.2) is 54.6 Å². The highest BCUT2D eigenvalue weighted by atomic mass is 35.5. The van der Waals surface area contributed by atoms with Crippen molar-refractivity contribution in [2.75, 3.05) is 4.90 Å². The van der Waals surface area contributed by atoms with Crippen molar-refractivity contribution in [3.8, 4) is 0 Å². The van der Waals surface area contributed by atoms with Crippen LogP contribution in [0.4, 0.5) is 5.69 Å². The molecule has 2 aliphatic carbocycles. The van der Waals surface area contributed by atoms with Gasteiger partial charge in [0, 0.05) is 5.02 Å². The summed E-state index contributed by atoms with van der Waals surface area (Å²) in [6.45, 7) is 0. The standard InChI is InChI=1S/C21H18ClNO2/c22-17-9-5-4-8-14(17)15-10-12-11-16(15)19-18(12)20(24)23(21(19)25)13-6-2-1-3-7-13/h1-9,12,15-16,18-19H,10-11H2/t12-,15+,16-,18-,19+/m1/s1. The zero-order chi connectivity index (χ0) is 17.1. The number of imide groups is 1. The molecule has 3 nitrogen and oxygen atoms in total. The first-order valence-corrected chi connectivity index (χ1v) is 9.22. The van der Waals surface area contributed by atoms with Crippen LogP contribution < -0.4 is 4.90 Å². The lowest BCUT2D eigenvalue weighted by molar-refractivity contribution is -0.123. The van der Waals surface area contributed by atoms with Gasteiger partial charge in [0.1, 0.15) is 0 Å². The number of hydrogen-bond acceptors (Lipinski definition) is 2. The van der Waals surface area contributed by atoms with Gasteiger partial charge in [0.05, 0.1) is 17.5 Å². The van der Waals surface area contributed by atoms with Crippen LogP contribution in [0.1, 0.15) is 24.3 Å². The summed E-state index contributed by atoms with van der Waals surface area (Å²) in [5.74, 6) is 0.440. The van der Waals surface area contributed by atoms with Crippen LogP contribution in [-0.2, 0) is 9.59 Å². The SMILES string of the molecule is O=C1[C@@H]2[C@H]3C[C@@H]([C@@H]2C(=O)N1c1ccccc1)[C@H](c1ccccc1Cl)C3. The molecule has 25 heavy (non-hydrogen) atoms. The molecular formula is C21H18ClNO2. The molecule has 1 aliphatic heterocycles. The number of anilines is 1. The third-order valence-electron chi connectivity index (χ3n) is 6.33. The maximum absolute atomic E-state index is 13.1. The molecule has 2 saturated carbocycles. The van der Waals surface area contributed by atoms with Gasteiger partial charge in [0.15, 0.2) is 0 Å². The predicted molar refractivity (Wildman–Crippen MR) is 96.3 cm³/mol. The summed E-state index contributed by atoms with van der Waals surface area (Å²) >= 11 is 6.41. The molecular weight excluding hydrogens is 334 g/mol. The normalized spacial score (nSPS) is 33.2. The minimum Gasteiger partial charge on any atom is -0.274 e. The number of halogens is 1. The smallest absolute Gasteiger partial charge is 0.237 e. The monoisotopic (exact) mass is 351 g/mol. The van der Waals surface area contributed by atoms with Crippen molar-refractivity contribution in [1.29, 1.82) is 0 Å². The van der Waals surface area contributed by atoms with E-state index in [0.717, 1.165) is 23.4 Å². The van der Waals surface area contributed by atoms with Crippen molar-refractivity contribution in [3.63, 3.8) is 0 Å². The van der Waals surface area contributed by atoms with Crippen molar-refractivity contribution in [2.24, 2.45) is 23.7 Å². The van der Waals surface area contributed by atoms with Gasteiger partial charge in [-0.05, 0) is 54.4 Å². The van der Waals surface area contributed by atoms with Gasteiger partial charge in [-0.2, -0.15) is 0 Å². The van der Waals surface area contributed by atoms with Gasteiger partial charge in [0.2, 0.25) is 11.8 Å². The van der Waals surface area contributed by atoms with Crippen molar-refractivity contribution in [3.05, 3.63) is 65.2 Å². The van der Waals surface area contributed by atoms with Crippen molar-refractivity contribution < 1.29 is 9.59 Å².